The monoisotopic (exact) mass is 400 g/mol. The minimum atomic E-state index is -3.78. The summed E-state index contributed by atoms with van der Waals surface area (Å²) < 4.78 is 47.3. The molecule has 0 saturated carbocycles. The fourth-order valence-corrected chi connectivity index (χ4v) is 4.71. The van der Waals surface area contributed by atoms with Crippen molar-refractivity contribution in [2.24, 2.45) is 0 Å². The van der Waals surface area contributed by atoms with Gasteiger partial charge in [-0.1, -0.05) is 18.2 Å². The molecule has 0 saturated heterocycles. The summed E-state index contributed by atoms with van der Waals surface area (Å²) in [6.45, 7) is 2.46. The second kappa shape index (κ2) is 7.41. The Kier molecular flexibility index (Phi) is 4.95. The highest BCUT2D eigenvalue weighted by molar-refractivity contribution is 7.89. The molecule has 0 bridgehead atoms. The van der Waals surface area contributed by atoms with Gasteiger partial charge in [0.25, 0.3) is 0 Å². The first-order chi connectivity index (χ1) is 13.5. The van der Waals surface area contributed by atoms with Crippen LogP contribution in [0.2, 0.25) is 0 Å². The van der Waals surface area contributed by atoms with Crippen LogP contribution in [0.25, 0.3) is 0 Å². The molecule has 1 atom stereocenters. The number of sulfonamides is 1. The summed E-state index contributed by atoms with van der Waals surface area (Å²) in [5, 5.41) is 0. The molecule has 1 aliphatic heterocycles. The average Bonchev–Trinajstić information content (AvgIpc) is 3.35. The number of rotatable bonds is 6. The second-order valence-corrected chi connectivity index (χ2v) is 8.63. The molecule has 2 heterocycles. The lowest BCUT2D eigenvalue weighted by atomic mass is 10.1. The SMILES string of the molecule is Cc1cc(S(=O)(=O)NCC(c2ccco2)N2CCc3ccccc32)ccc1F. The minimum Gasteiger partial charge on any atom is -0.467 e. The quantitative estimate of drug-likeness (QED) is 0.684. The number of benzene rings is 2. The van der Waals surface area contributed by atoms with Crippen molar-refractivity contribution < 1.29 is 17.2 Å². The van der Waals surface area contributed by atoms with Gasteiger partial charge in [-0.3, -0.25) is 0 Å². The summed E-state index contributed by atoms with van der Waals surface area (Å²) in [6.07, 6.45) is 2.49. The molecule has 2 aromatic carbocycles. The van der Waals surface area contributed by atoms with Gasteiger partial charge in [0, 0.05) is 18.8 Å². The van der Waals surface area contributed by atoms with E-state index in [9.17, 15) is 12.8 Å². The molecule has 146 valence electrons. The summed E-state index contributed by atoms with van der Waals surface area (Å²) >= 11 is 0. The van der Waals surface area contributed by atoms with Crippen LogP contribution in [-0.4, -0.2) is 21.5 Å². The first kappa shape index (κ1) is 18.7. The topological polar surface area (TPSA) is 62.6 Å². The Morgan fingerprint density at radius 1 is 1.18 bits per heavy atom. The Morgan fingerprint density at radius 3 is 2.75 bits per heavy atom. The highest BCUT2D eigenvalue weighted by Gasteiger charge is 2.30. The molecule has 0 amide bonds. The van der Waals surface area contributed by atoms with Crippen LogP contribution in [0.15, 0.2) is 70.2 Å². The number of halogens is 1. The zero-order chi connectivity index (χ0) is 19.7. The number of para-hydroxylation sites is 1. The molecular weight excluding hydrogens is 379 g/mol. The third-order valence-electron chi connectivity index (χ3n) is 5.08. The lowest BCUT2D eigenvalue weighted by Crippen LogP contribution is -2.37. The van der Waals surface area contributed by atoms with Crippen molar-refractivity contribution in [1.29, 1.82) is 0 Å². The normalized spacial score (nSPS) is 14.9. The van der Waals surface area contributed by atoms with E-state index in [-0.39, 0.29) is 17.5 Å². The van der Waals surface area contributed by atoms with Gasteiger partial charge in [-0.15, -0.1) is 0 Å². The number of anilines is 1. The Balaban J connectivity index is 1.60. The Hall–Kier alpha value is -2.64. The highest BCUT2D eigenvalue weighted by atomic mass is 32.2. The van der Waals surface area contributed by atoms with Gasteiger partial charge in [0.05, 0.1) is 11.2 Å². The van der Waals surface area contributed by atoms with E-state index < -0.39 is 15.8 Å². The molecule has 1 N–H and O–H groups in total. The lowest BCUT2D eigenvalue weighted by molar-refractivity contribution is 0.447. The molecule has 0 aliphatic carbocycles. The fourth-order valence-electron chi connectivity index (χ4n) is 3.59. The van der Waals surface area contributed by atoms with E-state index in [1.54, 1.807) is 19.3 Å². The van der Waals surface area contributed by atoms with Gasteiger partial charge < -0.3 is 9.32 Å². The number of hydrogen-bond donors (Lipinski definition) is 1. The van der Waals surface area contributed by atoms with Crippen LogP contribution in [0.3, 0.4) is 0 Å². The molecule has 28 heavy (non-hydrogen) atoms. The van der Waals surface area contributed by atoms with Gasteiger partial charge in [-0.2, -0.15) is 0 Å². The van der Waals surface area contributed by atoms with E-state index in [1.807, 2.05) is 24.3 Å². The van der Waals surface area contributed by atoms with Crippen molar-refractivity contribution in [2.45, 2.75) is 24.3 Å². The largest absolute Gasteiger partial charge is 0.467 e. The van der Waals surface area contributed by atoms with Crippen LogP contribution in [0.4, 0.5) is 10.1 Å². The predicted molar refractivity (Wildman–Crippen MR) is 105 cm³/mol. The molecule has 0 fully saturated rings. The zero-order valence-electron chi connectivity index (χ0n) is 15.4. The van der Waals surface area contributed by atoms with Crippen molar-refractivity contribution in [1.82, 2.24) is 4.72 Å². The molecule has 3 aromatic rings. The maximum absolute atomic E-state index is 13.5. The van der Waals surface area contributed by atoms with E-state index in [1.165, 1.54) is 23.8 Å². The first-order valence-electron chi connectivity index (χ1n) is 9.09. The van der Waals surface area contributed by atoms with Crippen LogP contribution >= 0.6 is 0 Å². The molecular formula is C21H21FN2O3S. The van der Waals surface area contributed by atoms with Gasteiger partial charge in [0.1, 0.15) is 17.6 Å². The second-order valence-electron chi connectivity index (χ2n) is 6.87. The summed E-state index contributed by atoms with van der Waals surface area (Å²) in [5.41, 5.74) is 2.61. The maximum Gasteiger partial charge on any atom is 0.240 e. The van der Waals surface area contributed by atoms with Crippen molar-refractivity contribution in [3.05, 3.63) is 83.6 Å². The van der Waals surface area contributed by atoms with Crippen molar-refractivity contribution >= 4 is 15.7 Å². The molecule has 7 heteroatoms. The molecule has 5 nitrogen and oxygen atoms in total. The Morgan fingerprint density at radius 2 is 2.00 bits per heavy atom. The molecule has 1 unspecified atom stereocenters. The zero-order valence-corrected chi connectivity index (χ0v) is 16.2. The van der Waals surface area contributed by atoms with Crippen LogP contribution < -0.4 is 9.62 Å². The Bertz CT molecular complexity index is 1080. The van der Waals surface area contributed by atoms with Gasteiger partial charge in [-0.05, 0) is 60.9 Å². The van der Waals surface area contributed by atoms with E-state index in [4.69, 9.17) is 4.42 Å². The third-order valence-corrected chi connectivity index (χ3v) is 6.50. The van der Waals surface area contributed by atoms with Crippen LogP contribution in [0, 0.1) is 12.7 Å². The summed E-state index contributed by atoms with van der Waals surface area (Å²) in [6, 6.07) is 15.2. The van der Waals surface area contributed by atoms with Gasteiger partial charge in [0.2, 0.25) is 10.0 Å². The van der Waals surface area contributed by atoms with Gasteiger partial charge in [0.15, 0.2) is 0 Å². The van der Waals surface area contributed by atoms with E-state index >= 15 is 0 Å². The number of fused-ring (bicyclic) bond motifs is 1. The third kappa shape index (κ3) is 3.55. The number of aryl methyl sites for hydroxylation is 1. The maximum atomic E-state index is 13.5. The van der Waals surface area contributed by atoms with E-state index in [0.29, 0.717) is 11.3 Å². The number of nitrogens with one attached hydrogen (secondary N) is 1. The van der Waals surface area contributed by atoms with Crippen molar-refractivity contribution in [3.63, 3.8) is 0 Å². The number of nitrogens with zero attached hydrogens (tertiary/aromatic N) is 1. The highest BCUT2D eigenvalue weighted by Crippen LogP contribution is 2.35. The molecule has 1 aliphatic rings. The van der Waals surface area contributed by atoms with Crippen LogP contribution in [-0.2, 0) is 16.4 Å². The summed E-state index contributed by atoms with van der Waals surface area (Å²) in [5.74, 6) is 0.260. The smallest absolute Gasteiger partial charge is 0.240 e. The first-order valence-corrected chi connectivity index (χ1v) is 10.6. The van der Waals surface area contributed by atoms with Crippen molar-refractivity contribution in [2.75, 3.05) is 18.0 Å². The van der Waals surface area contributed by atoms with E-state index in [0.717, 1.165) is 18.7 Å². The summed E-state index contributed by atoms with van der Waals surface area (Å²) in [7, 11) is -3.78. The van der Waals surface area contributed by atoms with E-state index in [2.05, 4.69) is 15.7 Å². The lowest BCUT2D eigenvalue weighted by Gasteiger charge is -2.29. The molecule has 0 radical (unpaired) electrons. The van der Waals surface area contributed by atoms with Crippen molar-refractivity contribution in [3.8, 4) is 0 Å². The van der Waals surface area contributed by atoms with Crippen LogP contribution in [0.5, 0.6) is 0 Å². The molecule has 1 aromatic heterocycles. The number of hydrogen-bond acceptors (Lipinski definition) is 4. The minimum absolute atomic E-state index is 0.0476. The Labute approximate surface area is 163 Å². The van der Waals surface area contributed by atoms with Gasteiger partial charge >= 0.3 is 0 Å². The molecule has 4 rings (SSSR count). The fraction of sp³-hybridized carbons (Fsp3) is 0.238. The number of furan rings is 1. The standard InChI is InChI=1S/C21H21FN2O3S/c1-15-13-17(8-9-18(15)22)28(25,26)23-14-20(21-7-4-12-27-21)24-11-10-16-5-2-3-6-19(16)24/h2-9,12-13,20,23H,10-11,14H2,1H3. The van der Waals surface area contributed by atoms with Crippen LogP contribution in [0.1, 0.15) is 22.9 Å². The van der Waals surface area contributed by atoms with Gasteiger partial charge in [-0.25, -0.2) is 17.5 Å². The molecule has 0 spiro atoms. The average molecular weight is 400 g/mol. The summed E-state index contributed by atoms with van der Waals surface area (Å²) in [4.78, 5) is 2.21. The predicted octanol–water partition coefficient (Wildman–Crippen LogP) is 3.81.